The van der Waals surface area contributed by atoms with E-state index >= 15 is 0 Å². The number of aryl methyl sites for hydroxylation is 2. The van der Waals surface area contributed by atoms with Gasteiger partial charge in [0.05, 0.1) is 0 Å². The van der Waals surface area contributed by atoms with Crippen LogP contribution in [0.4, 0.5) is 0 Å². The van der Waals surface area contributed by atoms with Gasteiger partial charge in [0.1, 0.15) is 0 Å². The van der Waals surface area contributed by atoms with Gasteiger partial charge in [-0.1, -0.05) is 442 Å². The van der Waals surface area contributed by atoms with E-state index in [1.807, 2.05) is 0 Å². The number of rotatable bonds is 16. The first-order valence-corrected chi connectivity index (χ1v) is 48.7. The molecule has 2 nitrogen and oxygen atoms in total. The van der Waals surface area contributed by atoms with Crippen LogP contribution in [0, 0.1) is 0 Å². The standard InChI is InChI=1S/C72H61N.C64H45N/c1-8-73-67-41-35-57(48-17-13-10-14-18-48)43-63(67)64-44-58(36-42-68(64)73)54-25-23-51(24-26-54)53-29-33-56(34-30-53)70-62-40-38-59(71(2,3)4)45-65(62)69(61-39-37-60(46-66(61)70)72(5,6)7)55-31-27-52(28-32-55)50-21-19-49(20-22-50)47-15-11-9-12-16-47;1-2-65-61-37-33-53(45-19-11-5-12-20-45)39-57(61)58-40-54(34-38-62(58)65)48-25-23-46(24-26-48)47-27-29-50(30-28-47)64-56-36-32-51(43-15-7-3-8-16-43)41-59(56)63(49-21-13-6-14-22-49)55-35-31-52(42-60(55)64)44-17-9-4-10-18-44/h9-46H,8H2,1-7H3;3-42H,2H2,1H3. The lowest BCUT2D eigenvalue weighted by Gasteiger charge is -2.25. The highest BCUT2D eigenvalue weighted by Gasteiger charge is 2.26. The molecule has 0 unspecified atom stereocenters. The Morgan fingerprint density at radius 1 is 0.138 bits per heavy atom. The first-order valence-electron chi connectivity index (χ1n) is 48.7. The molecule has 0 bridgehead atoms. The predicted molar refractivity (Wildman–Crippen MR) is 594 cm³/mol. The molecule has 660 valence electrons. The van der Waals surface area contributed by atoms with Crippen LogP contribution in [0.15, 0.2) is 473 Å². The van der Waals surface area contributed by atoms with E-state index in [0.717, 1.165) is 13.1 Å². The molecule has 0 fully saturated rings. The summed E-state index contributed by atoms with van der Waals surface area (Å²) < 4.78 is 4.87. The van der Waals surface area contributed by atoms with Crippen molar-refractivity contribution in [2.24, 2.45) is 0 Å². The van der Waals surface area contributed by atoms with E-state index in [-0.39, 0.29) is 10.8 Å². The Kier molecular flexibility index (Phi) is 22.2. The number of hydrogen-bond donors (Lipinski definition) is 0. The number of aromatic nitrogens is 2. The van der Waals surface area contributed by atoms with Gasteiger partial charge in [0, 0.05) is 56.7 Å². The zero-order chi connectivity index (χ0) is 93.3. The SMILES string of the molecule is CCn1c2ccc(-c3ccccc3)cc2c2cc(-c3ccc(-c4ccc(-c5c6ccc(-c7ccccc7)cc6c(-c6ccccc6)c6ccc(-c7ccccc7)cc56)cc4)cc3)ccc21.CCn1c2ccc(-c3ccccc3)cc2c2cc(-c3ccc(-c4ccc(-c5c6ccc(C(C)(C)C)cc6c(-c6ccc(-c7ccc(-c8ccccc8)cc7)cc6)c6ccc(C(C)(C)C)cc56)cc4)cc3)ccc21. The lowest BCUT2D eigenvalue weighted by atomic mass is 9.79. The van der Waals surface area contributed by atoms with Gasteiger partial charge in [0.25, 0.3) is 0 Å². The second-order valence-electron chi connectivity index (χ2n) is 39.1. The van der Waals surface area contributed by atoms with E-state index in [1.165, 1.54) is 254 Å². The molecule has 0 saturated heterocycles. The topological polar surface area (TPSA) is 9.86 Å². The number of fused-ring (bicyclic) bond motifs is 10. The summed E-state index contributed by atoms with van der Waals surface area (Å²) in [6.07, 6.45) is 0. The molecular formula is C136H106N2. The molecule has 24 rings (SSSR count). The average Bonchev–Trinajstić information content (AvgIpc) is 1.22. The second kappa shape index (κ2) is 35.7. The molecule has 0 saturated carbocycles. The van der Waals surface area contributed by atoms with Crippen molar-refractivity contribution >= 4 is 86.7 Å². The van der Waals surface area contributed by atoms with Crippen LogP contribution in [0.3, 0.4) is 0 Å². The van der Waals surface area contributed by atoms with Gasteiger partial charge in [-0.05, 0) is 307 Å². The van der Waals surface area contributed by atoms with E-state index < -0.39 is 0 Å². The Morgan fingerprint density at radius 2 is 0.290 bits per heavy atom. The van der Waals surface area contributed by atoms with Crippen molar-refractivity contribution in [2.75, 3.05) is 0 Å². The first kappa shape index (κ1) is 85.7. The van der Waals surface area contributed by atoms with Gasteiger partial charge in [-0.25, -0.2) is 0 Å². The third kappa shape index (κ3) is 16.0. The fourth-order valence-corrected chi connectivity index (χ4v) is 21.4. The summed E-state index contributed by atoms with van der Waals surface area (Å²) in [4.78, 5) is 0. The number of hydrogen-bond acceptors (Lipinski definition) is 0. The van der Waals surface area contributed by atoms with Crippen LogP contribution >= 0.6 is 0 Å². The Bertz CT molecular complexity index is 8700. The summed E-state index contributed by atoms with van der Waals surface area (Å²) in [6.45, 7) is 20.2. The zero-order valence-electron chi connectivity index (χ0n) is 79.3. The summed E-state index contributed by atoms with van der Waals surface area (Å²) in [5.74, 6) is 0. The lowest BCUT2D eigenvalue weighted by molar-refractivity contribution is 0.590. The van der Waals surface area contributed by atoms with Gasteiger partial charge in [-0.2, -0.15) is 0 Å². The quantitative estimate of drug-likeness (QED) is 0.0854. The third-order valence-electron chi connectivity index (χ3n) is 28.8. The molecule has 24 aromatic rings. The van der Waals surface area contributed by atoms with Gasteiger partial charge >= 0.3 is 0 Å². The minimum atomic E-state index is -0.0174. The van der Waals surface area contributed by atoms with Crippen molar-refractivity contribution in [3.63, 3.8) is 0 Å². The fraction of sp³-hybridized carbons (Fsp3) is 0.0882. The van der Waals surface area contributed by atoms with E-state index in [2.05, 4.69) is 538 Å². The van der Waals surface area contributed by atoms with Crippen molar-refractivity contribution in [1.29, 1.82) is 0 Å². The van der Waals surface area contributed by atoms with Crippen molar-refractivity contribution in [2.45, 2.75) is 79.3 Å². The van der Waals surface area contributed by atoms with Crippen LogP contribution in [-0.4, -0.2) is 9.13 Å². The molecule has 0 aliphatic rings. The molecule has 0 atom stereocenters. The Morgan fingerprint density at radius 3 is 0.507 bits per heavy atom. The first-order chi connectivity index (χ1) is 67.6. The van der Waals surface area contributed by atoms with Crippen molar-refractivity contribution in [1.82, 2.24) is 9.13 Å². The summed E-state index contributed by atoms with van der Waals surface area (Å²) in [5.41, 5.74) is 42.1. The molecule has 138 heavy (non-hydrogen) atoms. The van der Waals surface area contributed by atoms with Gasteiger partial charge in [0.2, 0.25) is 0 Å². The van der Waals surface area contributed by atoms with Crippen LogP contribution in [0.5, 0.6) is 0 Å². The molecule has 0 aliphatic carbocycles. The van der Waals surface area contributed by atoms with Gasteiger partial charge in [0.15, 0.2) is 0 Å². The Hall–Kier alpha value is -16.5. The molecule has 0 N–H and O–H groups in total. The van der Waals surface area contributed by atoms with Gasteiger partial charge in [-0.15, -0.1) is 0 Å². The number of nitrogens with zero attached hydrogens (tertiary/aromatic N) is 2. The van der Waals surface area contributed by atoms with E-state index in [0.29, 0.717) is 0 Å². The smallest absolute Gasteiger partial charge is 0.0491 e. The van der Waals surface area contributed by atoms with Crippen LogP contribution in [0.25, 0.3) is 242 Å². The fourth-order valence-electron chi connectivity index (χ4n) is 21.4. The minimum Gasteiger partial charge on any atom is -0.341 e. The summed E-state index contributed by atoms with van der Waals surface area (Å²) >= 11 is 0. The summed E-state index contributed by atoms with van der Waals surface area (Å²) in [5, 5.41) is 15.3. The van der Waals surface area contributed by atoms with E-state index in [1.54, 1.807) is 0 Å². The monoisotopic (exact) mass is 1770 g/mol. The Labute approximate surface area is 809 Å². The average molecular weight is 1770 g/mol. The van der Waals surface area contributed by atoms with Crippen molar-refractivity contribution < 1.29 is 0 Å². The zero-order valence-corrected chi connectivity index (χ0v) is 79.3. The molecule has 0 amide bonds. The molecule has 2 aromatic heterocycles. The summed E-state index contributed by atoms with van der Waals surface area (Å²) in [6, 6.07) is 176. The molecule has 22 aromatic carbocycles. The third-order valence-corrected chi connectivity index (χ3v) is 28.8. The Balaban J connectivity index is 0.000000156. The maximum absolute atomic E-state index is 2.47. The molecule has 0 radical (unpaired) electrons. The molecule has 2 heteroatoms. The van der Waals surface area contributed by atoms with Crippen LogP contribution < -0.4 is 0 Å². The van der Waals surface area contributed by atoms with Crippen LogP contribution in [-0.2, 0) is 23.9 Å². The maximum atomic E-state index is 2.47. The predicted octanol–water partition coefficient (Wildman–Crippen LogP) is 38.2. The molecule has 0 aliphatic heterocycles. The van der Waals surface area contributed by atoms with Crippen LogP contribution in [0.1, 0.15) is 66.5 Å². The number of benzene rings is 22. The molecule has 0 spiro atoms. The van der Waals surface area contributed by atoms with E-state index in [4.69, 9.17) is 0 Å². The van der Waals surface area contributed by atoms with Crippen molar-refractivity contribution in [3.05, 3.63) is 484 Å². The van der Waals surface area contributed by atoms with Gasteiger partial charge in [-0.3, -0.25) is 0 Å². The van der Waals surface area contributed by atoms with Gasteiger partial charge < -0.3 is 9.13 Å². The summed E-state index contributed by atoms with van der Waals surface area (Å²) in [7, 11) is 0. The normalized spacial score (nSPS) is 11.8. The molecule has 2 heterocycles. The van der Waals surface area contributed by atoms with Crippen molar-refractivity contribution in [3.8, 4) is 156 Å². The van der Waals surface area contributed by atoms with E-state index in [9.17, 15) is 0 Å². The maximum Gasteiger partial charge on any atom is 0.0491 e. The highest BCUT2D eigenvalue weighted by Crippen LogP contribution is 2.51. The minimum absolute atomic E-state index is 0.0154. The second-order valence-corrected chi connectivity index (χ2v) is 39.1. The highest BCUT2D eigenvalue weighted by molar-refractivity contribution is 6.24. The highest BCUT2D eigenvalue weighted by atomic mass is 15.0. The largest absolute Gasteiger partial charge is 0.341 e. The van der Waals surface area contributed by atoms with Crippen LogP contribution in [0.2, 0.25) is 0 Å². The molecular weight excluding hydrogens is 1660 g/mol. The lowest BCUT2D eigenvalue weighted by Crippen LogP contribution is -2.11.